The van der Waals surface area contributed by atoms with Crippen LogP contribution in [0.15, 0.2) is 54.9 Å². The maximum absolute atomic E-state index is 6.34. The highest BCUT2D eigenvalue weighted by molar-refractivity contribution is 5.74. The third-order valence-electron chi connectivity index (χ3n) is 3.62. The van der Waals surface area contributed by atoms with Gasteiger partial charge in [-0.3, -0.25) is 9.97 Å². The van der Waals surface area contributed by atoms with Crippen molar-refractivity contribution in [2.45, 2.75) is 19.4 Å². The highest BCUT2D eigenvalue weighted by atomic mass is 14.8. The van der Waals surface area contributed by atoms with Crippen molar-refractivity contribution in [3.8, 4) is 0 Å². The van der Waals surface area contributed by atoms with Crippen LogP contribution in [-0.4, -0.2) is 9.97 Å². The first-order valence-electron chi connectivity index (χ1n) is 6.75. The van der Waals surface area contributed by atoms with Gasteiger partial charge in [0.05, 0.1) is 11.0 Å². The van der Waals surface area contributed by atoms with E-state index in [1.54, 1.807) is 12.4 Å². The Kier molecular flexibility index (Phi) is 3.44. The van der Waals surface area contributed by atoms with E-state index in [0.29, 0.717) is 0 Å². The minimum Gasteiger partial charge on any atom is -0.324 e. The van der Waals surface area contributed by atoms with E-state index >= 15 is 0 Å². The van der Waals surface area contributed by atoms with Gasteiger partial charge in [-0.1, -0.05) is 30.3 Å². The summed E-state index contributed by atoms with van der Waals surface area (Å²) in [4.78, 5) is 8.61. The van der Waals surface area contributed by atoms with Gasteiger partial charge in [-0.15, -0.1) is 0 Å². The minimum absolute atomic E-state index is 0.0255. The lowest BCUT2D eigenvalue weighted by Crippen LogP contribution is -2.14. The molecular weight excluding hydrogens is 246 g/mol. The van der Waals surface area contributed by atoms with Gasteiger partial charge in [0.1, 0.15) is 0 Å². The average molecular weight is 263 g/mol. The fourth-order valence-electron chi connectivity index (χ4n) is 2.40. The Morgan fingerprint density at radius 1 is 1.00 bits per heavy atom. The van der Waals surface area contributed by atoms with Gasteiger partial charge in [0.25, 0.3) is 0 Å². The Bertz CT molecular complexity index is 737. The van der Waals surface area contributed by atoms with Crippen LogP contribution in [0.1, 0.15) is 22.7 Å². The van der Waals surface area contributed by atoms with Crippen LogP contribution in [0.5, 0.6) is 0 Å². The first-order valence-corrected chi connectivity index (χ1v) is 6.75. The topological polar surface area (TPSA) is 51.8 Å². The van der Waals surface area contributed by atoms with E-state index in [4.69, 9.17) is 5.73 Å². The van der Waals surface area contributed by atoms with Crippen LogP contribution >= 0.6 is 0 Å². The van der Waals surface area contributed by atoms with Crippen molar-refractivity contribution in [2.24, 2.45) is 5.73 Å². The van der Waals surface area contributed by atoms with Gasteiger partial charge in [-0.25, -0.2) is 0 Å². The van der Waals surface area contributed by atoms with E-state index in [0.717, 1.165) is 23.0 Å². The summed E-state index contributed by atoms with van der Waals surface area (Å²) in [7, 11) is 0. The predicted octanol–water partition coefficient (Wildman–Crippen LogP) is 3.18. The maximum Gasteiger partial charge on any atom is 0.0890 e. The molecule has 1 aromatic heterocycles. The van der Waals surface area contributed by atoms with E-state index in [2.05, 4.69) is 41.2 Å². The zero-order valence-corrected chi connectivity index (χ0v) is 11.5. The first-order chi connectivity index (χ1) is 9.74. The molecule has 0 fully saturated rings. The molecule has 3 heteroatoms. The van der Waals surface area contributed by atoms with Crippen LogP contribution in [0.25, 0.3) is 11.0 Å². The van der Waals surface area contributed by atoms with Crippen LogP contribution in [0.4, 0.5) is 0 Å². The molecule has 3 nitrogen and oxygen atoms in total. The van der Waals surface area contributed by atoms with Gasteiger partial charge in [-0.2, -0.15) is 0 Å². The van der Waals surface area contributed by atoms with Crippen LogP contribution in [-0.2, 0) is 6.42 Å². The van der Waals surface area contributed by atoms with Crippen molar-refractivity contribution in [2.75, 3.05) is 0 Å². The summed E-state index contributed by atoms with van der Waals surface area (Å²) in [6.45, 7) is 2.12. The van der Waals surface area contributed by atoms with E-state index in [1.165, 1.54) is 11.1 Å². The number of nitrogens with zero attached hydrogens (tertiary/aromatic N) is 2. The fourth-order valence-corrected chi connectivity index (χ4v) is 2.40. The summed E-state index contributed by atoms with van der Waals surface area (Å²) in [5, 5.41) is 0. The van der Waals surface area contributed by atoms with Crippen LogP contribution in [0, 0.1) is 6.92 Å². The van der Waals surface area contributed by atoms with Gasteiger partial charge < -0.3 is 5.73 Å². The Morgan fingerprint density at radius 2 is 1.75 bits per heavy atom. The second-order valence-corrected chi connectivity index (χ2v) is 5.04. The maximum atomic E-state index is 6.34. The Labute approximate surface area is 118 Å². The molecule has 100 valence electrons. The second-order valence-electron chi connectivity index (χ2n) is 5.04. The van der Waals surface area contributed by atoms with Crippen molar-refractivity contribution < 1.29 is 0 Å². The smallest absolute Gasteiger partial charge is 0.0890 e. The van der Waals surface area contributed by atoms with Crippen molar-refractivity contribution in [1.82, 2.24) is 9.97 Å². The van der Waals surface area contributed by atoms with E-state index < -0.39 is 0 Å². The number of hydrogen-bond donors (Lipinski definition) is 1. The summed E-state index contributed by atoms with van der Waals surface area (Å²) in [5.74, 6) is 0. The number of hydrogen-bond acceptors (Lipinski definition) is 3. The van der Waals surface area contributed by atoms with Gasteiger partial charge in [0.15, 0.2) is 0 Å². The van der Waals surface area contributed by atoms with Crippen molar-refractivity contribution in [3.63, 3.8) is 0 Å². The van der Waals surface area contributed by atoms with Gasteiger partial charge in [-0.05, 0) is 42.2 Å². The average Bonchev–Trinajstić information content (AvgIpc) is 2.49. The highest BCUT2D eigenvalue weighted by Crippen LogP contribution is 2.21. The van der Waals surface area contributed by atoms with Gasteiger partial charge in [0.2, 0.25) is 0 Å². The molecule has 2 aromatic carbocycles. The Balaban J connectivity index is 1.89. The number of nitrogens with two attached hydrogens (primary N) is 1. The van der Waals surface area contributed by atoms with E-state index in [9.17, 15) is 0 Å². The molecule has 0 saturated carbocycles. The first kappa shape index (κ1) is 12.8. The number of aryl methyl sites for hydroxylation is 1. The standard InChI is InChI=1S/C17H17N3/c1-12-4-2-3-5-13(12)10-15(18)14-6-7-16-17(11-14)20-9-8-19-16/h2-9,11,15H,10,18H2,1H3. The minimum atomic E-state index is -0.0255. The molecule has 3 rings (SSSR count). The summed E-state index contributed by atoms with van der Waals surface area (Å²) < 4.78 is 0. The lowest BCUT2D eigenvalue weighted by Gasteiger charge is -2.14. The van der Waals surface area contributed by atoms with Gasteiger partial charge in [0, 0.05) is 18.4 Å². The molecule has 0 aliphatic heterocycles. The van der Waals surface area contributed by atoms with Gasteiger partial charge >= 0.3 is 0 Å². The second kappa shape index (κ2) is 5.39. The highest BCUT2D eigenvalue weighted by Gasteiger charge is 2.09. The molecular formula is C17H17N3. The monoisotopic (exact) mass is 263 g/mol. The Hall–Kier alpha value is -2.26. The van der Waals surface area contributed by atoms with Crippen LogP contribution < -0.4 is 5.73 Å². The van der Waals surface area contributed by atoms with E-state index in [1.807, 2.05) is 18.2 Å². The van der Waals surface area contributed by atoms with Crippen molar-refractivity contribution >= 4 is 11.0 Å². The molecule has 20 heavy (non-hydrogen) atoms. The molecule has 0 spiro atoms. The molecule has 2 N–H and O–H groups in total. The lowest BCUT2D eigenvalue weighted by molar-refractivity contribution is 0.719. The quantitative estimate of drug-likeness (QED) is 0.789. The normalized spacial score (nSPS) is 12.5. The predicted molar refractivity (Wildman–Crippen MR) is 81.3 cm³/mol. The molecule has 0 aliphatic rings. The van der Waals surface area contributed by atoms with Crippen molar-refractivity contribution in [3.05, 3.63) is 71.5 Å². The summed E-state index contributed by atoms with van der Waals surface area (Å²) in [6.07, 6.45) is 4.24. The number of rotatable bonds is 3. The zero-order valence-electron chi connectivity index (χ0n) is 11.5. The summed E-state index contributed by atoms with van der Waals surface area (Å²) >= 11 is 0. The SMILES string of the molecule is Cc1ccccc1CC(N)c1ccc2nccnc2c1. The number of fused-ring (bicyclic) bond motifs is 1. The molecule has 0 aliphatic carbocycles. The molecule has 1 atom stereocenters. The molecule has 0 radical (unpaired) electrons. The molecule has 0 saturated heterocycles. The molecule has 0 amide bonds. The Morgan fingerprint density at radius 3 is 2.55 bits per heavy atom. The zero-order chi connectivity index (χ0) is 13.9. The largest absolute Gasteiger partial charge is 0.324 e. The number of aromatic nitrogens is 2. The lowest BCUT2D eigenvalue weighted by atomic mass is 9.96. The number of benzene rings is 2. The molecule has 1 unspecified atom stereocenters. The van der Waals surface area contributed by atoms with Crippen LogP contribution in [0.3, 0.4) is 0 Å². The molecule has 3 aromatic rings. The summed E-state index contributed by atoms with van der Waals surface area (Å²) in [5.41, 5.74) is 11.8. The fraction of sp³-hybridized carbons (Fsp3) is 0.176. The molecule has 0 bridgehead atoms. The van der Waals surface area contributed by atoms with E-state index in [-0.39, 0.29) is 6.04 Å². The van der Waals surface area contributed by atoms with Crippen LogP contribution in [0.2, 0.25) is 0 Å². The third-order valence-corrected chi connectivity index (χ3v) is 3.62. The third kappa shape index (κ3) is 2.53. The van der Waals surface area contributed by atoms with Crippen molar-refractivity contribution in [1.29, 1.82) is 0 Å². The summed E-state index contributed by atoms with van der Waals surface area (Å²) in [6, 6.07) is 14.4. The molecule has 1 heterocycles.